The zero-order valence-electron chi connectivity index (χ0n) is 16.0. The molecule has 0 spiro atoms. The van der Waals surface area contributed by atoms with Crippen molar-refractivity contribution in [3.63, 3.8) is 0 Å². The molecule has 0 radical (unpaired) electrons. The van der Waals surface area contributed by atoms with Gasteiger partial charge in [0.2, 0.25) is 5.91 Å². The SMILES string of the molecule is CCN(CC)C(=O)CN(C)Cc1nc2scc(-c3ccc(C)s3)c2c(=O)[nH]1. The molecule has 144 valence electrons. The topological polar surface area (TPSA) is 69.3 Å². The van der Waals surface area contributed by atoms with E-state index in [-0.39, 0.29) is 11.5 Å². The largest absolute Gasteiger partial charge is 0.342 e. The van der Waals surface area contributed by atoms with E-state index in [1.54, 1.807) is 16.2 Å². The van der Waals surface area contributed by atoms with Crippen LogP contribution in [0.3, 0.4) is 0 Å². The smallest absolute Gasteiger partial charge is 0.260 e. The molecule has 0 atom stereocenters. The van der Waals surface area contributed by atoms with Crippen LogP contribution in [0, 0.1) is 6.92 Å². The Labute approximate surface area is 166 Å². The lowest BCUT2D eigenvalue weighted by atomic mass is 10.2. The number of aryl methyl sites for hydroxylation is 1. The van der Waals surface area contributed by atoms with E-state index in [4.69, 9.17) is 0 Å². The zero-order valence-corrected chi connectivity index (χ0v) is 17.7. The third-order valence-corrected chi connectivity index (χ3v) is 6.35. The number of hydrogen-bond donors (Lipinski definition) is 1. The number of nitrogens with one attached hydrogen (secondary N) is 1. The Morgan fingerprint density at radius 3 is 2.63 bits per heavy atom. The van der Waals surface area contributed by atoms with Crippen LogP contribution in [0.2, 0.25) is 0 Å². The van der Waals surface area contributed by atoms with E-state index in [0.717, 1.165) is 15.3 Å². The molecule has 27 heavy (non-hydrogen) atoms. The van der Waals surface area contributed by atoms with E-state index in [2.05, 4.69) is 23.0 Å². The van der Waals surface area contributed by atoms with Crippen molar-refractivity contribution in [1.82, 2.24) is 19.8 Å². The predicted molar refractivity (Wildman–Crippen MR) is 113 cm³/mol. The second kappa shape index (κ2) is 8.33. The highest BCUT2D eigenvalue weighted by atomic mass is 32.1. The quantitative estimate of drug-likeness (QED) is 0.656. The van der Waals surface area contributed by atoms with Crippen molar-refractivity contribution in [2.75, 3.05) is 26.7 Å². The normalized spacial score (nSPS) is 11.4. The van der Waals surface area contributed by atoms with Crippen LogP contribution < -0.4 is 5.56 Å². The second-order valence-corrected chi connectivity index (χ2v) is 8.64. The molecule has 0 saturated heterocycles. The van der Waals surface area contributed by atoms with Gasteiger partial charge in [-0.2, -0.15) is 0 Å². The number of thiophene rings is 2. The van der Waals surface area contributed by atoms with Gasteiger partial charge in [0, 0.05) is 33.8 Å². The van der Waals surface area contributed by atoms with Crippen molar-refractivity contribution in [3.8, 4) is 10.4 Å². The van der Waals surface area contributed by atoms with Gasteiger partial charge in [0.1, 0.15) is 10.7 Å². The number of fused-ring (bicyclic) bond motifs is 1. The van der Waals surface area contributed by atoms with Gasteiger partial charge in [-0.3, -0.25) is 14.5 Å². The van der Waals surface area contributed by atoms with Gasteiger partial charge in [0.25, 0.3) is 5.56 Å². The van der Waals surface area contributed by atoms with Crippen LogP contribution in [0.4, 0.5) is 0 Å². The Hall–Kier alpha value is -2.03. The van der Waals surface area contributed by atoms with Crippen molar-refractivity contribution >= 4 is 38.8 Å². The highest BCUT2D eigenvalue weighted by molar-refractivity contribution is 7.19. The Bertz CT molecular complexity index is 1000. The average molecular weight is 405 g/mol. The summed E-state index contributed by atoms with van der Waals surface area (Å²) in [6, 6.07) is 4.10. The van der Waals surface area contributed by atoms with E-state index in [1.165, 1.54) is 16.2 Å². The maximum Gasteiger partial charge on any atom is 0.260 e. The third-order valence-electron chi connectivity index (χ3n) is 4.44. The summed E-state index contributed by atoms with van der Waals surface area (Å²) in [7, 11) is 1.86. The lowest BCUT2D eigenvalue weighted by Crippen LogP contribution is -2.38. The first-order chi connectivity index (χ1) is 12.9. The maximum absolute atomic E-state index is 12.7. The molecule has 3 aromatic rings. The van der Waals surface area contributed by atoms with Gasteiger partial charge >= 0.3 is 0 Å². The number of H-pyrrole nitrogens is 1. The molecule has 0 bridgehead atoms. The van der Waals surface area contributed by atoms with Crippen LogP contribution in [0.5, 0.6) is 0 Å². The number of nitrogens with zero attached hydrogens (tertiary/aromatic N) is 3. The first-order valence-corrected chi connectivity index (χ1v) is 10.7. The fraction of sp³-hybridized carbons (Fsp3) is 0.421. The second-order valence-electron chi connectivity index (χ2n) is 6.49. The van der Waals surface area contributed by atoms with Crippen molar-refractivity contribution in [1.29, 1.82) is 0 Å². The molecule has 3 heterocycles. The van der Waals surface area contributed by atoms with Crippen LogP contribution in [0.15, 0.2) is 22.3 Å². The van der Waals surface area contributed by atoms with E-state index >= 15 is 0 Å². The highest BCUT2D eigenvalue weighted by Crippen LogP contribution is 2.34. The van der Waals surface area contributed by atoms with Crippen LogP contribution in [0.25, 0.3) is 20.7 Å². The number of likely N-dealkylation sites (N-methyl/N-ethyl adjacent to an activating group) is 2. The summed E-state index contributed by atoms with van der Waals surface area (Å²) in [5, 5.41) is 2.64. The van der Waals surface area contributed by atoms with Gasteiger partial charge in [0.15, 0.2) is 0 Å². The molecule has 6 nitrogen and oxygen atoms in total. The molecule has 3 aromatic heterocycles. The van der Waals surface area contributed by atoms with Crippen molar-refractivity contribution in [2.45, 2.75) is 27.3 Å². The molecular formula is C19H24N4O2S2. The van der Waals surface area contributed by atoms with Gasteiger partial charge in [-0.05, 0) is 40.0 Å². The monoisotopic (exact) mass is 404 g/mol. The molecule has 0 saturated carbocycles. The van der Waals surface area contributed by atoms with Gasteiger partial charge in [-0.15, -0.1) is 22.7 Å². The van der Waals surface area contributed by atoms with Crippen LogP contribution in [-0.2, 0) is 11.3 Å². The molecule has 0 fully saturated rings. The fourth-order valence-corrected chi connectivity index (χ4v) is 4.97. The van der Waals surface area contributed by atoms with Crippen LogP contribution >= 0.6 is 22.7 Å². The van der Waals surface area contributed by atoms with Crippen molar-refractivity contribution < 1.29 is 4.79 Å². The lowest BCUT2D eigenvalue weighted by Gasteiger charge is -2.22. The molecule has 1 amide bonds. The van der Waals surface area contributed by atoms with E-state index < -0.39 is 0 Å². The molecule has 3 rings (SSSR count). The van der Waals surface area contributed by atoms with Crippen LogP contribution in [0.1, 0.15) is 24.5 Å². The molecule has 1 N–H and O–H groups in total. The van der Waals surface area contributed by atoms with Crippen LogP contribution in [-0.4, -0.2) is 52.4 Å². The molecule has 0 aliphatic rings. The zero-order chi connectivity index (χ0) is 19.6. The minimum absolute atomic E-state index is 0.0809. The first-order valence-electron chi connectivity index (χ1n) is 8.96. The van der Waals surface area contributed by atoms with Gasteiger partial charge in [-0.1, -0.05) is 0 Å². The van der Waals surface area contributed by atoms with Gasteiger partial charge in [0.05, 0.1) is 18.5 Å². The molecule has 8 heteroatoms. The Kier molecular flexibility index (Phi) is 6.08. The Balaban J connectivity index is 1.81. The minimum atomic E-state index is -0.124. The number of hydrogen-bond acceptors (Lipinski definition) is 6. The number of rotatable bonds is 7. The number of amides is 1. The van der Waals surface area contributed by atoms with Gasteiger partial charge < -0.3 is 9.88 Å². The first kappa shape index (κ1) is 19.7. The van der Waals surface area contributed by atoms with Crippen molar-refractivity contribution in [3.05, 3.63) is 38.6 Å². The molecule has 0 aliphatic heterocycles. The summed E-state index contributed by atoms with van der Waals surface area (Å²) in [5.74, 6) is 0.663. The lowest BCUT2D eigenvalue weighted by molar-refractivity contribution is -0.131. The average Bonchev–Trinajstić information content (AvgIpc) is 3.22. The summed E-state index contributed by atoms with van der Waals surface area (Å²) < 4.78 is 0. The summed E-state index contributed by atoms with van der Waals surface area (Å²) >= 11 is 3.15. The van der Waals surface area contributed by atoms with E-state index in [9.17, 15) is 9.59 Å². The number of carbonyl (C=O) groups is 1. The summed E-state index contributed by atoms with van der Waals surface area (Å²) in [5.41, 5.74) is 0.819. The molecule has 0 aliphatic carbocycles. The Morgan fingerprint density at radius 2 is 2.00 bits per heavy atom. The number of carbonyl (C=O) groups excluding carboxylic acids is 1. The molecule has 0 aromatic carbocycles. The summed E-state index contributed by atoms with van der Waals surface area (Å²) in [4.78, 5) is 39.2. The summed E-state index contributed by atoms with van der Waals surface area (Å²) in [6.45, 7) is 8.11. The van der Waals surface area contributed by atoms with E-state index in [1.807, 2.05) is 37.2 Å². The molecule has 0 unspecified atom stereocenters. The predicted octanol–water partition coefficient (Wildman–Crippen LogP) is 3.32. The highest BCUT2D eigenvalue weighted by Gasteiger charge is 2.16. The maximum atomic E-state index is 12.7. The minimum Gasteiger partial charge on any atom is -0.342 e. The Morgan fingerprint density at radius 1 is 1.26 bits per heavy atom. The summed E-state index contributed by atoms with van der Waals surface area (Å²) in [6.07, 6.45) is 0. The fourth-order valence-electron chi connectivity index (χ4n) is 3.05. The third kappa shape index (κ3) is 4.28. The van der Waals surface area contributed by atoms with Gasteiger partial charge in [-0.25, -0.2) is 4.98 Å². The van der Waals surface area contributed by atoms with E-state index in [0.29, 0.717) is 37.4 Å². The number of aromatic nitrogens is 2. The van der Waals surface area contributed by atoms with Crippen molar-refractivity contribution in [2.24, 2.45) is 0 Å². The molecular weight excluding hydrogens is 380 g/mol. The standard InChI is InChI=1S/C19H24N4O2S2/c1-5-23(6-2)16(24)10-22(4)9-15-20-18(25)17-13(11-26-19(17)21-15)14-8-7-12(3)27-14/h7-8,11H,5-6,9-10H2,1-4H3,(H,20,21,25). The number of aromatic amines is 1.